The van der Waals surface area contributed by atoms with Crippen molar-refractivity contribution in [1.29, 1.82) is 0 Å². The highest BCUT2D eigenvalue weighted by molar-refractivity contribution is 6.02. The second-order valence-electron chi connectivity index (χ2n) is 7.31. The minimum absolute atomic E-state index is 0.00987. The van der Waals surface area contributed by atoms with Gasteiger partial charge in [-0.3, -0.25) is 4.79 Å². The third-order valence-corrected chi connectivity index (χ3v) is 5.22. The zero-order chi connectivity index (χ0) is 22.1. The monoisotopic (exact) mass is 436 g/mol. The van der Waals surface area contributed by atoms with Gasteiger partial charge in [0.25, 0.3) is 5.91 Å². The molecular formula is C23H18F2N4O3. The molecule has 4 aromatic rings. The molecule has 7 nitrogen and oxygen atoms in total. The zero-order valence-electron chi connectivity index (χ0n) is 16.7. The van der Waals surface area contributed by atoms with E-state index in [0.29, 0.717) is 28.5 Å². The number of imidazole rings is 1. The normalized spacial score (nSPS) is 18.1. The van der Waals surface area contributed by atoms with E-state index in [-0.39, 0.29) is 24.8 Å². The molecule has 2 unspecified atom stereocenters. The summed E-state index contributed by atoms with van der Waals surface area (Å²) in [6.07, 6.45) is 1.86. The maximum absolute atomic E-state index is 14.5. The Kier molecular flexibility index (Phi) is 5.24. The molecule has 3 aromatic heterocycles. The summed E-state index contributed by atoms with van der Waals surface area (Å²) in [6.45, 7) is 0.172. The number of carbonyl (C=O) groups excluding carboxylic acids is 1. The molecule has 0 radical (unpaired) electrons. The smallest absolute Gasteiger partial charge is 0.292 e. The lowest BCUT2D eigenvalue weighted by Crippen LogP contribution is -2.18. The number of anilines is 1. The molecule has 1 aliphatic heterocycles. The SMILES string of the molecule is O=C(Nc1ccccn1)c1ccc(-c2c(-c3ccc(F)cc3)ncn2C2COCC2F)o1. The van der Waals surface area contributed by atoms with E-state index in [9.17, 15) is 13.6 Å². The van der Waals surface area contributed by atoms with Crippen molar-refractivity contribution in [3.05, 3.63) is 78.7 Å². The van der Waals surface area contributed by atoms with Crippen molar-refractivity contribution in [3.63, 3.8) is 0 Å². The summed E-state index contributed by atoms with van der Waals surface area (Å²) in [5, 5.41) is 2.66. The van der Waals surface area contributed by atoms with Crippen LogP contribution in [0.2, 0.25) is 0 Å². The number of hydrogen-bond acceptors (Lipinski definition) is 5. The van der Waals surface area contributed by atoms with Gasteiger partial charge in [-0.15, -0.1) is 0 Å². The molecule has 2 atom stereocenters. The van der Waals surface area contributed by atoms with Gasteiger partial charge in [0.1, 0.15) is 23.5 Å². The zero-order valence-corrected chi connectivity index (χ0v) is 16.7. The lowest BCUT2D eigenvalue weighted by Gasteiger charge is -2.16. The molecule has 4 heterocycles. The van der Waals surface area contributed by atoms with Gasteiger partial charge in [-0.2, -0.15) is 0 Å². The topological polar surface area (TPSA) is 82.2 Å². The van der Waals surface area contributed by atoms with E-state index in [1.807, 2.05) is 0 Å². The van der Waals surface area contributed by atoms with Gasteiger partial charge < -0.3 is 19.0 Å². The number of nitrogens with zero attached hydrogens (tertiary/aromatic N) is 3. The Balaban J connectivity index is 1.54. The molecule has 0 saturated carbocycles. The molecule has 5 rings (SSSR count). The average Bonchev–Trinajstić information content (AvgIpc) is 3.54. The van der Waals surface area contributed by atoms with Crippen LogP contribution in [0.25, 0.3) is 22.7 Å². The molecule has 1 N–H and O–H groups in total. The second-order valence-corrected chi connectivity index (χ2v) is 7.31. The number of hydrogen-bond donors (Lipinski definition) is 1. The van der Waals surface area contributed by atoms with Gasteiger partial charge in [-0.1, -0.05) is 6.07 Å². The minimum Gasteiger partial charge on any atom is -0.449 e. The number of rotatable bonds is 5. The Hall–Kier alpha value is -3.85. The fourth-order valence-electron chi connectivity index (χ4n) is 3.65. The van der Waals surface area contributed by atoms with Crippen molar-refractivity contribution in [3.8, 4) is 22.7 Å². The Bertz CT molecular complexity index is 1240. The Morgan fingerprint density at radius 2 is 1.91 bits per heavy atom. The Labute approximate surface area is 181 Å². The number of halogens is 2. The summed E-state index contributed by atoms with van der Waals surface area (Å²) in [6, 6.07) is 13.5. The summed E-state index contributed by atoms with van der Waals surface area (Å²) in [5.74, 6) is -0.0861. The molecular weight excluding hydrogens is 418 g/mol. The van der Waals surface area contributed by atoms with Crippen LogP contribution in [0.15, 0.2) is 71.5 Å². The van der Waals surface area contributed by atoms with E-state index >= 15 is 0 Å². The average molecular weight is 436 g/mol. The van der Waals surface area contributed by atoms with Gasteiger partial charge in [0.2, 0.25) is 0 Å². The van der Waals surface area contributed by atoms with E-state index in [2.05, 4.69) is 15.3 Å². The summed E-state index contributed by atoms with van der Waals surface area (Å²) >= 11 is 0. The third-order valence-electron chi connectivity index (χ3n) is 5.22. The molecule has 162 valence electrons. The molecule has 1 saturated heterocycles. The van der Waals surface area contributed by atoms with Crippen LogP contribution in [-0.4, -0.2) is 39.8 Å². The quantitative estimate of drug-likeness (QED) is 0.498. The molecule has 0 spiro atoms. The maximum Gasteiger partial charge on any atom is 0.292 e. The van der Waals surface area contributed by atoms with Crippen LogP contribution in [0.1, 0.15) is 16.6 Å². The molecule has 0 aliphatic carbocycles. The van der Waals surface area contributed by atoms with Crippen LogP contribution in [-0.2, 0) is 4.74 Å². The van der Waals surface area contributed by atoms with E-state index in [1.165, 1.54) is 24.5 Å². The first kappa shape index (κ1) is 20.1. The predicted molar refractivity (Wildman–Crippen MR) is 112 cm³/mol. The van der Waals surface area contributed by atoms with E-state index in [1.54, 1.807) is 47.2 Å². The van der Waals surface area contributed by atoms with Crippen LogP contribution in [0, 0.1) is 5.82 Å². The first-order chi connectivity index (χ1) is 15.6. The van der Waals surface area contributed by atoms with Gasteiger partial charge in [0.05, 0.1) is 31.3 Å². The van der Waals surface area contributed by atoms with Gasteiger partial charge in [0, 0.05) is 11.8 Å². The summed E-state index contributed by atoms with van der Waals surface area (Å²) in [4.78, 5) is 21.1. The number of aromatic nitrogens is 3. The van der Waals surface area contributed by atoms with Gasteiger partial charge in [-0.25, -0.2) is 18.7 Å². The standard InChI is InChI=1S/C23H18F2N4O3/c24-15-6-4-14(5-7-15)21-22(29(13-27-21)17-12-31-11-16(17)25)18-8-9-19(32-18)23(30)28-20-3-1-2-10-26-20/h1-10,13,16-17H,11-12H2,(H,26,28,30). The van der Waals surface area contributed by atoms with Crippen LogP contribution < -0.4 is 5.32 Å². The molecule has 1 fully saturated rings. The van der Waals surface area contributed by atoms with Crippen LogP contribution >= 0.6 is 0 Å². The van der Waals surface area contributed by atoms with Crippen LogP contribution in [0.4, 0.5) is 14.6 Å². The fraction of sp³-hybridized carbons (Fsp3) is 0.174. The van der Waals surface area contributed by atoms with Crippen molar-refractivity contribution >= 4 is 11.7 Å². The molecule has 32 heavy (non-hydrogen) atoms. The predicted octanol–water partition coefficient (Wildman–Crippen LogP) is 4.51. The molecule has 1 aromatic carbocycles. The Morgan fingerprint density at radius 1 is 1.06 bits per heavy atom. The molecule has 1 amide bonds. The van der Waals surface area contributed by atoms with Crippen LogP contribution in [0.5, 0.6) is 0 Å². The van der Waals surface area contributed by atoms with Crippen molar-refractivity contribution in [2.45, 2.75) is 12.2 Å². The van der Waals surface area contributed by atoms with Gasteiger partial charge in [-0.05, 0) is 48.5 Å². The number of carbonyl (C=O) groups is 1. The first-order valence-electron chi connectivity index (χ1n) is 9.97. The van der Waals surface area contributed by atoms with Crippen molar-refractivity contribution in [2.24, 2.45) is 0 Å². The lowest BCUT2D eigenvalue weighted by atomic mass is 10.1. The number of benzene rings is 1. The van der Waals surface area contributed by atoms with E-state index < -0.39 is 18.1 Å². The van der Waals surface area contributed by atoms with Gasteiger partial charge >= 0.3 is 0 Å². The highest BCUT2D eigenvalue weighted by Crippen LogP contribution is 2.37. The summed E-state index contributed by atoms with van der Waals surface area (Å²) in [7, 11) is 0. The second kappa shape index (κ2) is 8.35. The third kappa shape index (κ3) is 3.78. The largest absolute Gasteiger partial charge is 0.449 e. The van der Waals surface area contributed by atoms with Crippen molar-refractivity contribution < 1.29 is 22.7 Å². The molecule has 1 aliphatic rings. The van der Waals surface area contributed by atoms with E-state index in [0.717, 1.165) is 0 Å². The first-order valence-corrected chi connectivity index (χ1v) is 9.97. The highest BCUT2D eigenvalue weighted by Gasteiger charge is 2.33. The number of furan rings is 1. The highest BCUT2D eigenvalue weighted by atomic mass is 19.1. The van der Waals surface area contributed by atoms with Gasteiger partial charge in [0.15, 0.2) is 11.5 Å². The van der Waals surface area contributed by atoms with Crippen LogP contribution in [0.3, 0.4) is 0 Å². The number of nitrogens with one attached hydrogen (secondary N) is 1. The maximum atomic E-state index is 14.5. The summed E-state index contributed by atoms with van der Waals surface area (Å²) < 4.78 is 40.7. The number of pyridine rings is 1. The van der Waals surface area contributed by atoms with Crippen molar-refractivity contribution in [2.75, 3.05) is 18.5 Å². The number of amides is 1. The molecule has 0 bridgehead atoms. The van der Waals surface area contributed by atoms with Crippen molar-refractivity contribution in [1.82, 2.24) is 14.5 Å². The molecule has 9 heteroatoms. The fourth-order valence-corrected chi connectivity index (χ4v) is 3.65. The lowest BCUT2D eigenvalue weighted by molar-refractivity contribution is 0.0997. The minimum atomic E-state index is -1.22. The van der Waals surface area contributed by atoms with E-state index in [4.69, 9.17) is 9.15 Å². The number of ether oxygens (including phenoxy) is 1. The number of alkyl halides is 1. The Morgan fingerprint density at radius 3 is 2.62 bits per heavy atom. The summed E-state index contributed by atoms with van der Waals surface area (Å²) in [5.41, 5.74) is 1.59.